The molecule has 19 heavy (non-hydrogen) atoms. The number of pyridine rings is 1. The molecule has 0 aliphatic rings. The summed E-state index contributed by atoms with van der Waals surface area (Å²) in [7, 11) is 0. The van der Waals surface area contributed by atoms with Gasteiger partial charge in [-0.05, 0) is 29.5 Å². The van der Waals surface area contributed by atoms with Gasteiger partial charge in [0.2, 0.25) is 0 Å². The summed E-state index contributed by atoms with van der Waals surface area (Å²) in [6, 6.07) is 15.1. The van der Waals surface area contributed by atoms with Crippen LogP contribution in [0.5, 0.6) is 0 Å². The summed E-state index contributed by atoms with van der Waals surface area (Å²) in [5.41, 5.74) is 3.47. The molecule has 94 valence electrons. The predicted molar refractivity (Wildman–Crippen MR) is 74.2 cm³/mol. The van der Waals surface area contributed by atoms with Gasteiger partial charge in [-0.25, -0.2) is 0 Å². The van der Waals surface area contributed by atoms with Crippen LogP contribution in [-0.4, -0.2) is 9.32 Å². The minimum atomic E-state index is -0.331. The number of aromatic nitrogens is 1. The molecule has 4 nitrogen and oxygen atoms in total. The van der Waals surface area contributed by atoms with Gasteiger partial charge in [0.15, 0.2) is 0 Å². The summed E-state index contributed by atoms with van der Waals surface area (Å²) < 4.78 is 1.61. The first kappa shape index (κ1) is 11.5. The Morgan fingerprint density at radius 3 is 2.53 bits per heavy atom. The minimum Gasteiger partial charge on any atom is -0.358 e. The van der Waals surface area contributed by atoms with Crippen LogP contribution in [0.4, 0.5) is 5.82 Å². The van der Waals surface area contributed by atoms with Crippen LogP contribution < -0.4 is 0 Å². The fraction of sp³-hybridized carbons (Fsp3) is 0.0667. The first-order valence-corrected chi connectivity index (χ1v) is 5.98. The molecule has 0 aliphatic heterocycles. The maximum Gasteiger partial charge on any atom is 0.336 e. The van der Waals surface area contributed by atoms with Gasteiger partial charge >= 0.3 is 5.82 Å². The number of aryl methyl sites for hydroxylation is 1. The van der Waals surface area contributed by atoms with E-state index in [2.05, 4.69) is 0 Å². The lowest BCUT2D eigenvalue weighted by Crippen LogP contribution is -1.95. The summed E-state index contributed by atoms with van der Waals surface area (Å²) in [6.07, 6.45) is 1.71. The van der Waals surface area contributed by atoms with E-state index in [1.165, 1.54) is 0 Å². The van der Waals surface area contributed by atoms with Gasteiger partial charge in [0.1, 0.15) is 5.52 Å². The van der Waals surface area contributed by atoms with E-state index in [4.69, 9.17) is 0 Å². The van der Waals surface area contributed by atoms with Crippen LogP contribution >= 0.6 is 0 Å². The third kappa shape index (κ3) is 1.87. The Morgan fingerprint density at radius 1 is 1.11 bits per heavy atom. The Labute approximate surface area is 110 Å². The lowest BCUT2D eigenvalue weighted by molar-refractivity contribution is -0.389. The highest BCUT2D eigenvalue weighted by molar-refractivity contribution is 5.79. The number of nitro groups is 1. The summed E-state index contributed by atoms with van der Waals surface area (Å²) in [5.74, 6) is 0.111. The van der Waals surface area contributed by atoms with Crippen LogP contribution in [0.1, 0.15) is 5.56 Å². The van der Waals surface area contributed by atoms with Gasteiger partial charge < -0.3 is 10.1 Å². The highest BCUT2D eigenvalue weighted by Crippen LogP contribution is 2.33. The standard InChI is InChI=1S/C15H12N2O2/c1-11-5-7-12(8-6-11)14-10-13-4-2-3-9-16(13)15(14)17(18)19/h2-10H,1H3. The molecule has 2 heterocycles. The number of hydrogen-bond acceptors (Lipinski definition) is 2. The first-order valence-electron chi connectivity index (χ1n) is 5.98. The molecular weight excluding hydrogens is 240 g/mol. The fourth-order valence-corrected chi connectivity index (χ4v) is 2.24. The van der Waals surface area contributed by atoms with Gasteiger partial charge in [-0.3, -0.25) is 0 Å². The second-order valence-corrected chi connectivity index (χ2v) is 4.50. The molecule has 4 heteroatoms. The predicted octanol–water partition coefficient (Wildman–Crippen LogP) is 3.82. The summed E-state index contributed by atoms with van der Waals surface area (Å²) in [6.45, 7) is 1.99. The van der Waals surface area contributed by atoms with Crippen molar-refractivity contribution in [1.82, 2.24) is 4.40 Å². The second-order valence-electron chi connectivity index (χ2n) is 4.50. The van der Waals surface area contributed by atoms with E-state index in [9.17, 15) is 10.1 Å². The summed E-state index contributed by atoms with van der Waals surface area (Å²) >= 11 is 0. The number of rotatable bonds is 2. The van der Waals surface area contributed by atoms with Crippen molar-refractivity contribution >= 4 is 11.3 Å². The van der Waals surface area contributed by atoms with Gasteiger partial charge in [0, 0.05) is 6.07 Å². The van der Waals surface area contributed by atoms with Crippen molar-refractivity contribution < 1.29 is 4.92 Å². The Balaban J connectivity index is 2.31. The maximum absolute atomic E-state index is 11.3. The van der Waals surface area contributed by atoms with Crippen molar-refractivity contribution in [3.8, 4) is 11.1 Å². The molecule has 0 radical (unpaired) electrons. The molecule has 0 atom stereocenters. The highest BCUT2D eigenvalue weighted by Gasteiger charge is 2.21. The SMILES string of the molecule is Cc1ccc(-c2cc3ccccn3c2[N+](=O)[O-])cc1. The molecule has 0 fully saturated rings. The molecule has 3 rings (SSSR count). The van der Waals surface area contributed by atoms with Gasteiger partial charge in [0.25, 0.3) is 0 Å². The molecule has 1 aromatic carbocycles. The van der Waals surface area contributed by atoms with E-state index in [-0.39, 0.29) is 10.7 Å². The average Bonchev–Trinajstić information content (AvgIpc) is 2.78. The molecule has 3 aromatic rings. The van der Waals surface area contributed by atoms with Crippen LogP contribution in [-0.2, 0) is 0 Å². The number of nitrogens with zero attached hydrogens (tertiary/aromatic N) is 2. The first-order chi connectivity index (χ1) is 9.16. The molecular formula is C15H12N2O2. The van der Waals surface area contributed by atoms with Crippen molar-refractivity contribution in [3.63, 3.8) is 0 Å². The van der Waals surface area contributed by atoms with E-state index in [0.29, 0.717) is 5.56 Å². The van der Waals surface area contributed by atoms with Crippen molar-refractivity contribution in [1.29, 1.82) is 0 Å². The molecule has 0 saturated heterocycles. The topological polar surface area (TPSA) is 47.5 Å². The molecule has 0 saturated carbocycles. The zero-order chi connectivity index (χ0) is 13.4. The zero-order valence-electron chi connectivity index (χ0n) is 10.4. The molecule has 0 spiro atoms. The quantitative estimate of drug-likeness (QED) is 0.514. The van der Waals surface area contributed by atoms with Crippen LogP contribution in [0.2, 0.25) is 0 Å². The third-order valence-corrected chi connectivity index (χ3v) is 3.19. The lowest BCUT2D eigenvalue weighted by Gasteiger charge is -2.01. The lowest BCUT2D eigenvalue weighted by atomic mass is 10.1. The van der Waals surface area contributed by atoms with Gasteiger partial charge in [0.05, 0.1) is 11.8 Å². The molecule has 0 N–H and O–H groups in total. The van der Waals surface area contributed by atoms with Crippen molar-refractivity contribution in [3.05, 3.63) is 70.4 Å². The number of fused-ring (bicyclic) bond motifs is 1. The van der Waals surface area contributed by atoms with Crippen LogP contribution in [0.3, 0.4) is 0 Å². The van der Waals surface area contributed by atoms with Crippen molar-refractivity contribution in [2.75, 3.05) is 0 Å². The Hall–Kier alpha value is -2.62. The smallest absolute Gasteiger partial charge is 0.336 e. The van der Waals surface area contributed by atoms with Gasteiger partial charge in [-0.15, -0.1) is 0 Å². The Kier molecular flexibility index (Phi) is 2.56. The largest absolute Gasteiger partial charge is 0.358 e. The van der Waals surface area contributed by atoms with Gasteiger partial charge in [-0.2, -0.15) is 4.40 Å². The third-order valence-electron chi connectivity index (χ3n) is 3.19. The van der Waals surface area contributed by atoms with Crippen LogP contribution in [0.25, 0.3) is 16.6 Å². The highest BCUT2D eigenvalue weighted by atomic mass is 16.6. The van der Waals surface area contributed by atoms with E-state index in [0.717, 1.165) is 16.6 Å². The molecule has 0 bridgehead atoms. The Bertz CT molecular complexity index is 757. The summed E-state index contributed by atoms with van der Waals surface area (Å²) in [4.78, 5) is 11.0. The van der Waals surface area contributed by atoms with Crippen LogP contribution in [0, 0.1) is 17.0 Å². The Morgan fingerprint density at radius 2 is 1.84 bits per heavy atom. The number of hydrogen-bond donors (Lipinski definition) is 0. The molecule has 2 aromatic heterocycles. The maximum atomic E-state index is 11.3. The number of benzene rings is 1. The summed E-state index contributed by atoms with van der Waals surface area (Å²) in [5, 5.41) is 11.3. The van der Waals surface area contributed by atoms with E-state index in [1.807, 2.05) is 49.4 Å². The van der Waals surface area contributed by atoms with E-state index in [1.54, 1.807) is 16.7 Å². The second kappa shape index (κ2) is 4.24. The minimum absolute atomic E-state index is 0.111. The average molecular weight is 252 g/mol. The fourth-order valence-electron chi connectivity index (χ4n) is 2.24. The molecule has 0 unspecified atom stereocenters. The van der Waals surface area contributed by atoms with Gasteiger partial charge in [-0.1, -0.05) is 35.9 Å². The zero-order valence-corrected chi connectivity index (χ0v) is 10.4. The van der Waals surface area contributed by atoms with Crippen LogP contribution in [0.15, 0.2) is 54.7 Å². The molecule has 0 amide bonds. The monoisotopic (exact) mass is 252 g/mol. The molecule has 0 aliphatic carbocycles. The van der Waals surface area contributed by atoms with E-state index >= 15 is 0 Å². The van der Waals surface area contributed by atoms with E-state index < -0.39 is 0 Å². The van der Waals surface area contributed by atoms with Crippen molar-refractivity contribution in [2.24, 2.45) is 0 Å². The normalized spacial score (nSPS) is 10.8. The van der Waals surface area contributed by atoms with Crippen molar-refractivity contribution in [2.45, 2.75) is 6.92 Å².